The number of rotatable bonds is 6. The van der Waals surface area contributed by atoms with E-state index in [1.54, 1.807) is 47.0 Å². The van der Waals surface area contributed by atoms with Gasteiger partial charge in [0, 0.05) is 16.1 Å². The number of fused-ring (bicyclic) bond motifs is 1. The van der Waals surface area contributed by atoms with Crippen molar-refractivity contribution >= 4 is 34.4 Å². The van der Waals surface area contributed by atoms with Crippen molar-refractivity contribution in [3.8, 4) is 17.2 Å². The Hall–Kier alpha value is -3.77. The normalized spacial score (nSPS) is 11.1. The second kappa shape index (κ2) is 9.00. The topological polar surface area (TPSA) is 77.8 Å². The number of hydrogen-bond acceptors (Lipinski definition) is 4. The molecule has 33 heavy (non-hydrogen) atoms. The quantitative estimate of drug-likeness (QED) is 0.322. The maximum atomic E-state index is 12.7. The van der Waals surface area contributed by atoms with Crippen LogP contribution in [0.1, 0.15) is 46.2 Å². The Balaban J connectivity index is 1.94. The predicted octanol–water partition coefficient (Wildman–Crippen LogP) is 6.68. The molecule has 168 valence electrons. The molecule has 0 saturated heterocycles. The molecule has 1 heterocycles. The second-order valence-corrected chi connectivity index (χ2v) is 8.28. The summed E-state index contributed by atoms with van der Waals surface area (Å²) in [6, 6.07) is 19.6. The van der Waals surface area contributed by atoms with E-state index >= 15 is 0 Å². The van der Waals surface area contributed by atoms with Crippen molar-refractivity contribution in [1.29, 1.82) is 0 Å². The molecule has 0 bridgehead atoms. The van der Waals surface area contributed by atoms with Gasteiger partial charge in [-0.25, -0.2) is 9.59 Å². The largest absolute Gasteiger partial charge is 0.478 e. The van der Waals surface area contributed by atoms with Crippen LogP contribution in [0.5, 0.6) is 11.5 Å². The molecule has 0 aliphatic carbocycles. The fraction of sp³-hybridized carbons (Fsp3) is 0.154. The van der Waals surface area contributed by atoms with Crippen LogP contribution in [0.3, 0.4) is 0 Å². The Kier molecular flexibility index (Phi) is 6.11. The Morgan fingerprint density at radius 3 is 2.27 bits per heavy atom. The van der Waals surface area contributed by atoms with Crippen LogP contribution >= 0.6 is 11.6 Å². The van der Waals surface area contributed by atoms with Crippen LogP contribution in [0, 0.1) is 0 Å². The van der Waals surface area contributed by atoms with Crippen molar-refractivity contribution in [1.82, 2.24) is 4.57 Å². The fourth-order valence-corrected chi connectivity index (χ4v) is 3.96. The minimum Gasteiger partial charge on any atom is -0.478 e. The van der Waals surface area contributed by atoms with E-state index < -0.39 is 11.9 Å². The lowest BCUT2D eigenvalue weighted by Gasteiger charge is -2.12. The highest BCUT2D eigenvalue weighted by Crippen LogP contribution is 2.35. The molecule has 0 fully saturated rings. The number of carbonyl (C=O) groups is 2. The highest BCUT2D eigenvalue weighted by molar-refractivity contribution is 6.30. The maximum Gasteiger partial charge on any atom is 0.355 e. The second-order valence-electron chi connectivity index (χ2n) is 7.84. The minimum atomic E-state index is -1.24. The minimum absolute atomic E-state index is 0.0581. The third kappa shape index (κ3) is 4.30. The van der Waals surface area contributed by atoms with Gasteiger partial charge in [-0.3, -0.25) is 0 Å². The smallest absolute Gasteiger partial charge is 0.355 e. The molecule has 0 amide bonds. The standard InChI is InChI=1S/C26H22ClNO5/c1-15(2)16-7-9-18(10-8-16)28-22-12-11-20(33-19-6-4-5-17(27)13-19)14-21(22)23(25(29)30)24(28)26(31)32-3/h4-15H,1-3H3,(H,29,30). The lowest BCUT2D eigenvalue weighted by atomic mass is 10.0. The van der Waals surface area contributed by atoms with E-state index in [9.17, 15) is 14.7 Å². The van der Waals surface area contributed by atoms with Gasteiger partial charge in [-0.15, -0.1) is 0 Å². The van der Waals surface area contributed by atoms with E-state index in [0.717, 1.165) is 5.56 Å². The number of esters is 1. The molecular weight excluding hydrogens is 442 g/mol. The van der Waals surface area contributed by atoms with Crippen molar-refractivity contribution in [2.75, 3.05) is 7.11 Å². The van der Waals surface area contributed by atoms with Crippen LogP contribution in [-0.4, -0.2) is 28.7 Å². The molecule has 1 N–H and O–H groups in total. The molecule has 4 rings (SSSR count). The lowest BCUT2D eigenvalue weighted by Crippen LogP contribution is -2.14. The third-order valence-electron chi connectivity index (χ3n) is 5.38. The summed E-state index contributed by atoms with van der Waals surface area (Å²) < 4.78 is 12.4. The van der Waals surface area contributed by atoms with Crippen molar-refractivity contribution in [2.45, 2.75) is 19.8 Å². The molecule has 0 radical (unpaired) electrons. The molecule has 4 aromatic rings. The van der Waals surface area contributed by atoms with E-state index in [0.29, 0.717) is 39.0 Å². The molecule has 0 aliphatic rings. The van der Waals surface area contributed by atoms with E-state index in [4.69, 9.17) is 21.1 Å². The van der Waals surface area contributed by atoms with Crippen molar-refractivity contribution < 1.29 is 24.2 Å². The molecular formula is C26H22ClNO5. The van der Waals surface area contributed by atoms with Gasteiger partial charge in [-0.2, -0.15) is 0 Å². The Bertz CT molecular complexity index is 1360. The molecule has 0 unspecified atom stereocenters. The van der Waals surface area contributed by atoms with E-state index in [1.807, 2.05) is 24.3 Å². The third-order valence-corrected chi connectivity index (χ3v) is 5.62. The molecule has 0 atom stereocenters. The van der Waals surface area contributed by atoms with Crippen molar-refractivity contribution in [3.05, 3.63) is 88.6 Å². The molecule has 0 spiro atoms. The van der Waals surface area contributed by atoms with Crippen molar-refractivity contribution in [2.24, 2.45) is 0 Å². The predicted molar refractivity (Wildman–Crippen MR) is 127 cm³/mol. The molecule has 3 aromatic carbocycles. The summed E-state index contributed by atoms with van der Waals surface area (Å²) in [5.74, 6) is -0.723. The summed E-state index contributed by atoms with van der Waals surface area (Å²) >= 11 is 6.03. The van der Waals surface area contributed by atoms with Gasteiger partial charge in [0.1, 0.15) is 22.8 Å². The summed E-state index contributed by atoms with van der Waals surface area (Å²) in [4.78, 5) is 25.0. The maximum absolute atomic E-state index is 12.7. The summed E-state index contributed by atoms with van der Waals surface area (Å²) in [6.45, 7) is 4.17. The Labute approximate surface area is 195 Å². The number of hydrogen-bond donors (Lipinski definition) is 1. The van der Waals surface area contributed by atoms with Gasteiger partial charge < -0.3 is 19.1 Å². The van der Waals surface area contributed by atoms with E-state index in [1.165, 1.54) is 7.11 Å². The van der Waals surface area contributed by atoms with Gasteiger partial charge in [0.2, 0.25) is 0 Å². The van der Waals surface area contributed by atoms with Gasteiger partial charge in [-0.05, 0) is 60.0 Å². The highest BCUT2D eigenvalue weighted by atomic mass is 35.5. The van der Waals surface area contributed by atoms with Crippen LogP contribution in [0.4, 0.5) is 0 Å². The van der Waals surface area contributed by atoms with Crippen LogP contribution in [-0.2, 0) is 4.74 Å². The number of nitrogens with zero attached hydrogens (tertiary/aromatic N) is 1. The van der Waals surface area contributed by atoms with E-state index in [-0.39, 0.29) is 11.3 Å². The fourth-order valence-electron chi connectivity index (χ4n) is 3.78. The highest BCUT2D eigenvalue weighted by Gasteiger charge is 2.29. The molecule has 0 aliphatic heterocycles. The first-order valence-corrected chi connectivity index (χ1v) is 10.7. The molecule has 0 saturated carbocycles. The van der Waals surface area contributed by atoms with Gasteiger partial charge in [0.05, 0.1) is 12.6 Å². The molecule has 7 heteroatoms. The van der Waals surface area contributed by atoms with Gasteiger partial charge >= 0.3 is 11.9 Å². The number of benzene rings is 3. The zero-order valence-electron chi connectivity index (χ0n) is 18.3. The van der Waals surface area contributed by atoms with Crippen molar-refractivity contribution in [3.63, 3.8) is 0 Å². The van der Waals surface area contributed by atoms with E-state index in [2.05, 4.69) is 13.8 Å². The lowest BCUT2D eigenvalue weighted by molar-refractivity contribution is 0.0575. The molecule has 1 aromatic heterocycles. The van der Waals surface area contributed by atoms with Crippen LogP contribution in [0.15, 0.2) is 66.7 Å². The number of halogens is 1. The SMILES string of the molecule is COC(=O)c1c(C(=O)O)c2cc(Oc3cccc(Cl)c3)ccc2n1-c1ccc(C(C)C)cc1. The van der Waals surface area contributed by atoms with Crippen LogP contribution < -0.4 is 4.74 Å². The molecule has 6 nitrogen and oxygen atoms in total. The number of carboxylic acids is 1. The number of methoxy groups -OCH3 is 1. The summed E-state index contributed by atoms with van der Waals surface area (Å²) in [7, 11) is 1.23. The van der Waals surface area contributed by atoms with Crippen LogP contribution in [0.2, 0.25) is 5.02 Å². The summed E-state index contributed by atoms with van der Waals surface area (Å²) in [5.41, 5.74) is 2.12. The average Bonchev–Trinajstić information content (AvgIpc) is 3.13. The van der Waals surface area contributed by atoms with Gasteiger partial charge in [-0.1, -0.05) is 43.6 Å². The van der Waals surface area contributed by atoms with Gasteiger partial charge in [0.15, 0.2) is 0 Å². The number of aromatic nitrogens is 1. The number of aromatic carboxylic acids is 1. The number of carbonyl (C=O) groups excluding carboxylic acids is 1. The first kappa shape index (κ1) is 22.4. The van der Waals surface area contributed by atoms with Crippen LogP contribution in [0.25, 0.3) is 16.6 Å². The summed E-state index contributed by atoms with van der Waals surface area (Å²) in [6.07, 6.45) is 0. The first-order chi connectivity index (χ1) is 15.8. The Morgan fingerprint density at radius 2 is 1.67 bits per heavy atom. The van der Waals surface area contributed by atoms with Gasteiger partial charge in [0.25, 0.3) is 0 Å². The zero-order valence-corrected chi connectivity index (χ0v) is 19.1. The summed E-state index contributed by atoms with van der Waals surface area (Å²) in [5, 5.41) is 10.9. The number of carboxylic acid groups (broad SMARTS) is 1. The average molecular weight is 464 g/mol. The first-order valence-electron chi connectivity index (χ1n) is 10.3. The Morgan fingerprint density at radius 1 is 0.970 bits per heavy atom. The monoisotopic (exact) mass is 463 g/mol. The number of ether oxygens (including phenoxy) is 2. The zero-order chi connectivity index (χ0) is 23.7.